The quantitative estimate of drug-likeness (QED) is 0.683. The van der Waals surface area contributed by atoms with Crippen LogP contribution in [0.25, 0.3) is 22.8 Å². The number of aryl methyl sites for hydroxylation is 1. The minimum absolute atomic E-state index is 0.302. The lowest BCUT2D eigenvalue weighted by molar-refractivity contribution is 0.346. The van der Waals surface area contributed by atoms with Gasteiger partial charge in [-0.3, -0.25) is 0 Å². The molecule has 0 N–H and O–H groups in total. The monoisotopic (exact) mass is 383 g/mol. The molecule has 4 rings (SSSR count). The molecule has 0 unspecified atom stereocenters. The van der Waals surface area contributed by atoms with Gasteiger partial charge < -0.3 is 4.52 Å². The molecule has 1 saturated heterocycles. The van der Waals surface area contributed by atoms with Crippen LogP contribution >= 0.6 is 0 Å². The van der Waals surface area contributed by atoms with Crippen LogP contribution in [-0.2, 0) is 10.0 Å². The van der Waals surface area contributed by atoms with Crippen LogP contribution in [0.2, 0.25) is 0 Å². The van der Waals surface area contributed by atoms with Gasteiger partial charge in [-0.1, -0.05) is 29.8 Å². The summed E-state index contributed by atoms with van der Waals surface area (Å²) in [5, 5.41) is 4.04. The highest BCUT2D eigenvalue weighted by molar-refractivity contribution is 7.89. The standard InChI is InChI=1S/C20H21N3O3S/c1-15-7-3-4-8-18(15)20-21-19(22-26-20)16-9-11-17(12-10-16)27(24,25)23-13-5-2-6-14-23/h3-4,7-12H,2,5-6,13-14H2,1H3. The molecule has 6 nitrogen and oxygen atoms in total. The van der Waals surface area contributed by atoms with E-state index < -0.39 is 10.0 Å². The predicted octanol–water partition coefficient (Wildman–Crippen LogP) is 3.89. The third-order valence-corrected chi connectivity index (χ3v) is 6.78. The number of rotatable bonds is 4. The minimum Gasteiger partial charge on any atom is -0.334 e. The summed E-state index contributed by atoms with van der Waals surface area (Å²) in [6.07, 6.45) is 2.93. The van der Waals surface area contributed by atoms with E-state index >= 15 is 0 Å². The van der Waals surface area contributed by atoms with Crippen LogP contribution in [0.5, 0.6) is 0 Å². The van der Waals surface area contributed by atoms with Gasteiger partial charge in [-0.05, 0) is 55.7 Å². The minimum atomic E-state index is -3.44. The van der Waals surface area contributed by atoms with Gasteiger partial charge >= 0.3 is 0 Å². The van der Waals surface area contributed by atoms with Gasteiger partial charge in [0, 0.05) is 24.2 Å². The number of aromatic nitrogens is 2. The summed E-state index contributed by atoms with van der Waals surface area (Å²) < 4.78 is 32.4. The maximum absolute atomic E-state index is 12.7. The van der Waals surface area contributed by atoms with Gasteiger partial charge in [0.25, 0.3) is 5.89 Å². The van der Waals surface area contributed by atoms with Crippen molar-refractivity contribution in [2.45, 2.75) is 31.1 Å². The Bertz CT molecular complexity index is 1040. The number of sulfonamides is 1. The van der Waals surface area contributed by atoms with Crippen molar-refractivity contribution in [3.05, 3.63) is 54.1 Å². The first kappa shape index (κ1) is 17.9. The molecular formula is C20H21N3O3S. The molecule has 7 heteroatoms. The van der Waals surface area contributed by atoms with Crippen LogP contribution in [0.15, 0.2) is 57.9 Å². The van der Waals surface area contributed by atoms with E-state index in [1.54, 1.807) is 28.6 Å². The van der Waals surface area contributed by atoms with Crippen molar-refractivity contribution >= 4 is 10.0 Å². The zero-order valence-corrected chi connectivity index (χ0v) is 15.9. The number of benzene rings is 2. The summed E-state index contributed by atoms with van der Waals surface area (Å²) in [4.78, 5) is 4.76. The van der Waals surface area contributed by atoms with Gasteiger partial charge in [0.15, 0.2) is 0 Å². The van der Waals surface area contributed by atoms with Gasteiger partial charge in [-0.2, -0.15) is 9.29 Å². The third-order valence-electron chi connectivity index (χ3n) is 4.87. The summed E-state index contributed by atoms with van der Waals surface area (Å²) >= 11 is 0. The first-order chi connectivity index (χ1) is 13.1. The van der Waals surface area contributed by atoms with Crippen LogP contribution in [-0.4, -0.2) is 36.0 Å². The lowest BCUT2D eigenvalue weighted by Gasteiger charge is -2.25. The van der Waals surface area contributed by atoms with Crippen LogP contribution in [0.1, 0.15) is 24.8 Å². The van der Waals surface area contributed by atoms with E-state index in [4.69, 9.17) is 4.52 Å². The van der Waals surface area contributed by atoms with Crippen molar-refractivity contribution in [1.29, 1.82) is 0 Å². The Hall–Kier alpha value is -2.51. The molecule has 140 valence electrons. The van der Waals surface area contributed by atoms with E-state index in [-0.39, 0.29) is 0 Å². The molecule has 0 spiro atoms. The average Bonchev–Trinajstić information content (AvgIpc) is 3.19. The van der Waals surface area contributed by atoms with E-state index in [9.17, 15) is 8.42 Å². The fraction of sp³-hybridized carbons (Fsp3) is 0.300. The summed E-state index contributed by atoms with van der Waals surface area (Å²) in [5.41, 5.74) is 2.66. The summed E-state index contributed by atoms with van der Waals surface area (Å²) in [6.45, 7) is 3.17. The zero-order chi connectivity index (χ0) is 18.9. The van der Waals surface area contributed by atoms with Gasteiger partial charge in [-0.25, -0.2) is 8.42 Å². The van der Waals surface area contributed by atoms with Crippen molar-refractivity contribution in [3.8, 4) is 22.8 Å². The van der Waals surface area contributed by atoms with E-state index in [2.05, 4.69) is 10.1 Å². The van der Waals surface area contributed by atoms with Crippen molar-refractivity contribution in [2.24, 2.45) is 0 Å². The number of hydrogen-bond acceptors (Lipinski definition) is 5. The molecule has 1 aliphatic heterocycles. The van der Waals surface area contributed by atoms with Crippen molar-refractivity contribution in [1.82, 2.24) is 14.4 Å². The Morgan fingerprint density at radius 1 is 0.963 bits per heavy atom. The second-order valence-corrected chi connectivity index (χ2v) is 8.67. The first-order valence-electron chi connectivity index (χ1n) is 9.06. The normalized spacial score (nSPS) is 15.7. The lowest BCUT2D eigenvalue weighted by atomic mass is 10.1. The summed E-state index contributed by atoms with van der Waals surface area (Å²) in [6, 6.07) is 14.5. The number of piperidine rings is 1. The second kappa shape index (κ2) is 7.25. The maximum atomic E-state index is 12.7. The Balaban J connectivity index is 1.59. The topological polar surface area (TPSA) is 76.3 Å². The molecule has 1 fully saturated rings. The molecule has 0 bridgehead atoms. The molecule has 0 atom stereocenters. The fourth-order valence-electron chi connectivity index (χ4n) is 3.29. The predicted molar refractivity (Wildman–Crippen MR) is 103 cm³/mol. The summed E-state index contributed by atoms with van der Waals surface area (Å²) in [5.74, 6) is 0.892. The molecule has 0 radical (unpaired) electrons. The van der Waals surface area contributed by atoms with E-state index in [1.807, 2.05) is 31.2 Å². The zero-order valence-electron chi connectivity index (χ0n) is 15.1. The molecule has 3 aromatic rings. The molecule has 27 heavy (non-hydrogen) atoms. The van der Waals surface area contributed by atoms with Gasteiger partial charge in [0.1, 0.15) is 0 Å². The Morgan fingerprint density at radius 3 is 2.37 bits per heavy atom. The largest absolute Gasteiger partial charge is 0.334 e. The average molecular weight is 383 g/mol. The van der Waals surface area contributed by atoms with Gasteiger partial charge in [-0.15, -0.1) is 0 Å². The fourth-order valence-corrected chi connectivity index (χ4v) is 4.81. The van der Waals surface area contributed by atoms with Crippen molar-refractivity contribution in [3.63, 3.8) is 0 Å². The molecule has 0 saturated carbocycles. The van der Waals surface area contributed by atoms with Crippen LogP contribution < -0.4 is 0 Å². The Labute approximate surface area is 158 Å². The van der Waals surface area contributed by atoms with Crippen molar-refractivity contribution < 1.29 is 12.9 Å². The van der Waals surface area contributed by atoms with Gasteiger partial charge in [0.05, 0.1) is 4.90 Å². The lowest BCUT2D eigenvalue weighted by Crippen LogP contribution is -2.35. The van der Waals surface area contributed by atoms with E-state index in [1.165, 1.54) is 0 Å². The van der Waals surface area contributed by atoms with Gasteiger partial charge in [0.2, 0.25) is 15.8 Å². The maximum Gasteiger partial charge on any atom is 0.258 e. The summed E-state index contributed by atoms with van der Waals surface area (Å²) in [7, 11) is -3.44. The highest BCUT2D eigenvalue weighted by Crippen LogP contribution is 2.26. The second-order valence-electron chi connectivity index (χ2n) is 6.73. The third kappa shape index (κ3) is 3.52. The first-order valence-corrected chi connectivity index (χ1v) is 10.5. The molecule has 2 aromatic carbocycles. The Kier molecular flexibility index (Phi) is 4.80. The molecule has 1 aliphatic rings. The van der Waals surface area contributed by atoms with Crippen LogP contribution in [0.4, 0.5) is 0 Å². The van der Waals surface area contributed by atoms with Crippen molar-refractivity contribution in [2.75, 3.05) is 13.1 Å². The van der Waals surface area contributed by atoms with Crippen LogP contribution in [0, 0.1) is 6.92 Å². The molecule has 2 heterocycles. The molecule has 0 aliphatic carbocycles. The SMILES string of the molecule is Cc1ccccc1-c1nc(-c2ccc(S(=O)(=O)N3CCCCC3)cc2)no1. The molecular weight excluding hydrogens is 362 g/mol. The number of hydrogen-bond donors (Lipinski definition) is 0. The van der Waals surface area contributed by atoms with E-state index in [0.29, 0.717) is 29.7 Å². The van der Waals surface area contributed by atoms with Crippen LogP contribution in [0.3, 0.4) is 0 Å². The highest BCUT2D eigenvalue weighted by Gasteiger charge is 2.26. The smallest absolute Gasteiger partial charge is 0.258 e. The molecule has 1 aromatic heterocycles. The van der Waals surface area contributed by atoms with E-state index in [0.717, 1.165) is 36.0 Å². The highest BCUT2D eigenvalue weighted by atomic mass is 32.2. The number of nitrogens with zero attached hydrogens (tertiary/aromatic N) is 3. The Morgan fingerprint density at radius 2 is 1.67 bits per heavy atom. The molecule has 0 amide bonds.